The van der Waals surface area contributed by atoms with E-state index in [1.165, 1.54) is 0 Å². The van der Waals surface area contributed by atoms with Gasteiger partial charge in [0.1, 0.15) is 0 Å². The van der Waals surface area contributed by atoms with Crippen molar-refractivity contribution in [3.8, 4) is 6.07 Å². The van der Waals surface area contributed by atoms with E-state index < -0.39 is 0 Å². The van der Waals surface area contributed by atoms with Gasteiger partial charge < -0.3 is 4.74 Å². The molecule has 0 radical (unpaired) electrons. The summed E-state index contributed by atoms with van der Waals surface area (Å²) in [6.07, 6.45) is 3.32. The molecule has 1 rings (SSSR count). The van der Waals surface area contributed by atoms with Crippen LogP contribution in [-0.2, 0) is 4.74 Å². The number of likely N-dealkylation sites (tertiary alicyclic amines) is 1. The van der Waals surface area contributed by atoms with Crippen molar-refractivity contribution in [3.05, 3.63) is 0 Å². The third-order valence-electron chi connectivity index (χ3n) is 2.82. The fourth-order valence-electron chi connectivity index (χ4n) is 1.81. The van der Waals surface area contributed by atoms with Gasteiger partial charge in [0, 0.05) is 32.7 Å². The molecule has 86 valence electrons. The Morgan fingerprint density at radius 3 is 3.00 bits per heavy atom. The number of ether oxygens (including phenoxy) is 1. The van der Waals surface area contributed by atoms with Crippen molar-refractivity contribution >= 4 is 0 Å². The van der Waals surface area contributed by atoms with Crippen LogP contribution in [0.15, 0.2) is 0 Å². The van der Waals surface area contributed by atoms with Crippen LogP contribution in [0.2, 0.25) is 0 Å². The minimum atomic E-state index is 0.405. The van der Waals surface area contributed by atoms with E-state index in [2.05, 4.69) is 24.8 Å². The Hall–Kier alpha value is -0.590. The molecule has 0 bridgehead atoms. The van der Waals surface area contributed by atoms with Crippen molar-refractivity contribution in [2.24, 2.45) is 5.92 Å². The highest BCUT2D eigenvalue weighted by molar-refractivity contribution is 4.79. The summed E-state index contributed by atoms with van der Waals surface area (Å²) >= 11 is 0. The second kappa shape index (κ2) is 6.81. The van der Waals surface area contributed by atoms with Crippen molar-refractivity contribution in [2.45, 2.75) is 39.2 Å². The summed E-state index contributed by atoms with van der Waals surface area (Å²) in [5.41, 5.74) is 0. The third-order valence-corrected chi connectivity index (χ3v) is 2.82. The smallest absolute Gasteiger partial charge is 0.0714 e. The average Bonchev–Trinajstić information content (AvgIpc) is 2.62. The van der Waals surface area contributed by atoms with E-state index in [0.717, 1.165) is 45.0 Å². The summed E-state index contributed by atoms with van der Waals surface area (Å²) in [7, 11) is 0. The highest BCUT2D eigenvalue weighted by Crippen LogP contribution is 2.13. The monoisotopic (exact) mass is 210 g/mol. The lowest BCUT2D eigenvalue weighted by molar-refractivity contribution is 0.0525. The molecule has 3 nitrogen and oxygen atoms in total. The molecule has 0 saturated carbocycles. The van der Waals surface area contributed by atoms with Crippen LogP contribution in [0, 0.1) is 17.2 Å². The molecule has 0 aliphatic carbocycles. The van der Waals surface area contributed by atoms with Gasteiger partial charge in [0.05, 0.1) is 12.2 Å². The molecule has 0 aromatic carbocycles. The Kier molecular flexibility index (Phi) is 5.67. The zero-order valence-electron chi connectivity index (χ0n) is 9.91. The third kappa shape index (κ3) is 5.15. The predicted molar refractivity (Wildman–Crippen MR) is 60.5 cm³/mol. The van der Waals surface area contributed by atoms with E-state index in [-0.39, 0.29) is 0 Å². The Labute approximate surface area is 93.0 Å². The number of nitriles is 1. The second-order valence-corrected chi connectivity index (χ2v) is 4.67. The molecule has 1 aliphatic rings. The van der Waals surface area contributed by atoms with Gasteiger partial charge in [0.2, 0.25) is 0 Å². The van der Waals surface area contributed by atoms with Crippen LogP contribution in [0.1, 0.15) is 33.1 Å². The van der Waals surface area contributed by atoms with Crippen molar-refractivity contribution in [2.75, 3.05) is 26.2 Å². The molecular formula is C12H22N2O. The van der Waals surface area contributed by atoms with E-state index in [9.17, 15) is 0 Å². The van der Waals surface area contributed by atoms with Gasteiger partial charge in [-0.25, -0.2) is 0 Å². The van der Waals surface area contributed by atoms with Gasteiger partial charge in [-0.15, -0.1) is 0 Å². The molecule has 0 aromatic rings. The highest BCUT2D eigenvalue weighted by Gasteiger charge is 2.22. The van der Waals surface area contributed by atoms with E-state index >= 15 is 0 Å². The van der Waals surface area contributed by atoms with Gasteiger partial charge in [0.15, 0.2) is 0 Å². The Bertz CT molecular complexity index is 210. The quantitative estimate of drug-likeness (QED) is 0.673. The highest BCUT2D eigenvalue weighted by atomic mass is 16.5. The predicted octanol–water partition coefficient (Wildman–Crippen LogP) is 2.04. The standard InChI is InChI=1S/C12H22N2O/c1-11(2)5-9-15-12-4-8-14(10-12)7-3-6-13/h11-12H,3-5,7-10H2,1-2H3/t12-/m1/s1. The van der Waals surface area contributed by atoms with E-state index in [4.69, 9.17) is 10.00 Å². The maximum absolute atomic E-state index is 8.49. The average molecular weight is 210 g/mol. The van der Waals surface area contributed by atoms with Crippen LogP contribution in [-0.4, -0.2) is 37.2 Å². The Morgan fingerprint density at radius 2 is 2.33 bits per heavy atom. The molecule has 0 aromatic heterocycles. The Balaban J connectivity index is 2.06. The fourth-order valence-corrected chi connectivity index (χ4v) is 1.81. The first-order chi connectivity index (χ1) is 7.22. The SMILES string of the molecule is CC(C)CCO[C@@H]1CCN(CCC#N)C1. The van der Waals surface area contributed by atoms with Crippen LogP contribution in [0.25, 0.3) is 0 Å². The maximum atomic E-state index is 8.49. The first kappa shape index (κ1) is 12.5. The van der Waals surface area contributed by atoms with E-state index in [1.54, 1.807) is 0 Å². The van der Waals surface area contributed by atoms with E-state index in [0.29, 0.717) is 12.5 Å². The number of nitrogens with zero attached hydrogens (tertiary/aromatic N) is 2. The van der Waals surface area contributed by atoms with Crippen LogP contribution >= 0.6 is 0 Å². The van der Waals surface area contributed by atoms with E-state index in [1.807, 2.05) is 0 Å². The maximum Gasteiger partial charge on any atom is 0.0714 e. The van der Waals surface area contributed by atoms with Crippen molar-refractivity contribution in [3.63, 3.8) is 0 Å². The lowest BCUT2D eigenvalue weighted by Gasteiger charge is -2.15. The molecule has 0 spiro atoms. The molecular weight excluding hydrogens is 188 g/mol. The molecule has 15 heavy (non-hydrogen) atoms. The zero-order chi connectivity index (χ0) is 11.1. The first-order valence-corrected chi connectivity index (χ1v) is 5.93. The largest absolute Gasteiger partial charge is 0.377 e. The molecule has 1 atom stereocenters. The summed E-state index contributed by atoms with van der Waals surface area (Å²) in [6.45, 7) is 8.33. The zero-order valence-corrected chi connectivity index (χ0v) is 9.91. The van der Waals surface area contributed by atoms with Gasteiger partial charge in [-0.1, -0.05) is 13.8 Å². The van der Waals surface area contributed by atoms with Gasteiger partial charge in [-0.2, -0.15) is 5.26 Å². The summed E-state index contributed by atoms with van der Waals surface area (Å²) in [4.78, 5) is 2.32. The van der Waals surface area contributed by atoms with Crippen molar-refractivity contribution in [1.82, 2.24) is 4.90 Å². The van der Waals surface area contributed by atoms with Crippen LogP contribution in [0.3, 0.4) is 0 Å². The normalized spacial score (nSPS) is 22.1. The molecule has 0 unspecified atom stereocenters. The molecule has 3 heteroatoms. The number of hydrogen-bond donors (Lipinski definition) is 0. The summed E-state index contributed by atoms with van der Waals surface area (Å²) in [5, 5.41) is 8.49. The fraction of sp³-hybridized carbons (Fsp3) is 0.917. The lowest BCUT2D eigenvalue weighted by atomic mass is 10.1. The van der Waals surface area contributed by atoms with Gasteiger partial charge in [-0.3, -0.25) is 4.90 Å². The van der Waals surface area contributed by atoms with Crippen molar-refractivity contribution in [1.29, 1.82) is 5.26 Å². The topological polar surface area (TPSA) is 36.3 Å². The molecule has 1 aliphatic heterocycles. The summed E-state index contributed by atoms with van der Waals surface area (Å²) in [5.74, 6) is 0.723. The second-order valence-electron chi connectivity index (χ2n) is 4.67. The first-order valence-electron chi connectivity index (χ1n) is 5.93. The van der Waals surface area contributed by atoms with Gasteiger partial charge in [0.25, 0.3) is 0 Å². The van der Waals surface area contributed by atoms with Crippen LogP contribution in [0.5, 0.6) is 0 Å². The lowest BCUT2D eigenvalue weighted by Crippen LogP contribution is -2.24. The molecule has 0 N–H and O–H groups in total. The van der Waals surface area contributed by atoms with Crippen LogP contribution in [0.4, 0.5) is 0 Å². The Morgan fingerprint density at radius 1 is 1.53 bits per heavy atom. The van der Waals surface area contributed by atoms with Gasteiger partial charge in [-0.05, 0) is 18.8 Å². The minimum Gasteiger partial charge on any atom is -0.377 e. The van der Waals surface area contributed by atoms with Gasteiger partial charge >= 0.3 is 0 Å². The van der Waals surface area contributed by atoms with Crippen molar-refractivity contribution < 1.29 is 4.74 Å². The number of rotatable bonds is 6. The minimum absolute atomic E-state index is 0.405. The molecule has 1 fully saturated rings. The molecule has 1 saturated heterocycles. The number of hydrogen-bond acceptors (Lipinski definition) is 3. The summed E-state index contributed by atoms with van der Waals surface area (Å²) in [6, 6.07) is 2.19. The van der Waals surface area contributed by atoms with Crippen LogP contribution < -0.4 is 0 Å². The molecule has 0 amide bonds. The summed E-state index contributed by atoms with van der Waals surface area (Å²) < 4.78 is 5.80. The molecule has 1 heterocycles.